The minimum absolute atomic E-state index is 0.0274. The zero-order valence-corrected chi connectivity index (χ0v) is 23.5. The highest BCUT2D eigenvalue weighted by Crippen LogP contribution is 2.41. The molecule has 6 rings (SSSR count). The lowest BCUT2D eigenvalue weighted by Crippen LogP contribution is -2.49. The Bertz CT molecular complexity index is 1430. The number of carbonyl (C=O) groups excluding carboxylic acids is 1. The van der Waals surface area contributed by atoms with Crippen LogP contribution < -0.4 is 14.7 Å². The fourth-order valence-electron chi connectivity index (χ4n) is 6.17. The molecule has 0 radical (unpaired) electrons. The summed E-state index contributed by atoms with van der Waals surface area (Å²) in [5.41, 5.74) is 2.16. The Morgan fingerprint density at radius 3 is 2.58 bits per heavy atom. The molecule has 212 valence electrons. The highest BCUT2D eigenvalue weighted by atomic mass is 19.1. The van der Waals surface area contributed by atoms with Gasteiger partial charge in [-0.15, -0.1) is 0 Å². The van der Waals surface area contributed by atoms with Crippen LogP contribution in [0.3, 0.4) is 0 Å². The average Bonchev–Trinajstić information content (AvgIpc) is 3.10. The second-order valence-electron chi connectivity index (χ2n) is 11.1. The number of aromatic hydroxyl groups is 1. The second-order valence-corrected chi connectivity index (χ2v) is 11.1. The third-order valence-corrected chi connectivity index (χ3v) is 8.35. The highest BCUT2D eigenvalue weighted by Gasteiger charge is 2.38. The number of anilines is 3. The molecule has 0 unspecified atom stereocenters. The quantitative estimate of drug-likeness (QED) is 0.513. The number of piperazine rings is 1. The largest absolute Gasteiger partial charge is 0.508 e. The van der Waals surface area contributed by atoms with Gasteiger partial charge < -0.3 is 24.5 Å². The van der Waals surface area contributed by atoms with E-state index < -0.39 is 0 Å². The first-order chi connectivity index (χ1) is 19.4. The van der Waals surface area contributed by atoms with Gasteiger partial charge in [-0.3, -0.25) is 9.69 Å². The van der Waals surface area contributed by atoms with E-state index >= 15 is 0 Å². The molecular formula is C30H37FN6O3. The Hall–Kier alpha value is -3.50. The highest BCUT2D eigenvalue weighted by molar-refractivity contribution is 6.16. The molecule has 0 saturated carbocycles. The van der Waals surface area contributed by atoms with Crippen molar-refractivity contribution in [3.63, 3.8) is 0 Å². The summed E-state index contributed by atoms with van der Waals surface area (Å²) in [4.78, 5) is 32.6. The molecule has 1 amide bonds. The smallest absolute Gasteiger partial charge is 0.264 e. The standard InChI is InChI=1S/C30H37FN6O3/c1-4-22-23(31)7-6-20-16-21(38)17-25(26(20)22)37-18-24-27(29(37)39)28(35-8-5-14-40-15-13-35)33-30(32-24)36-11-9-34(10-12-36)19(2)3/h6-7,16-17,19,38H,4-5,8-15,18H2,1-3H3. The van der Waals surface area contributed by atoms with E-state index in [2.05, 4.69) is 28.5 Å². The van der Waals surface area contributed by atoms with Crippen LogP contribution in [0.4, 0.5) is 21.8 Å². The molecule has 10 heteroatoms. The van der Waals surface area contributed by atoms with Crippen LogP contribution in [0.25, 0.3) is 10.8 Å². The van der Waals surface area contributed by atoms with Gasteiger partial charge >= 0.3 is 0 Å². The van der Waals surface area contributed by atoms with Crippen LogP contribution in [-0.4, -0.2) is 84.4 Å². The van der Waals surface area contributed by atoms with Crippen molar-refractivity contribution in [2.45, 2.75) is 46.2 Å². The lowest BCUT2D eigenvalue weighted by atomic mass is 9.99. The van der Waals surface area contributed by atoms with E-state index in [-0.39, 0.29) is 24.0 Å². The van der Waals surface area contributed by atoms with Crippen LogP contribution in [0, 0.1) is 5.82 Å². The Balaban J connectivity index is 1.44. The molecule has 2 fully saturated rings. The Labute approximate surface area is 234 Å². The van der Waals surface area contributed by atoms with Gasteiger partial charge in [-0.2, -0.15) is 4.98 Å². The first-order valence-corrected chi connectivity index (χ1v) is 14.3. The van der Waals surface area contributed by atoms with E-state index in [1.54, 1.807) is 23.1 Å². The topological polar surface area (TPSA) is 85.3 Å². The Morgan fingerprint density at radius 1 is 1.02 bits per heavy atom. The van der Waals surface area contributed by atoms with E-state index in [1.165, 1.54) is 6.07 Å². The summed E-state index contributed by atoms with van der Waals surface area (Å²) in [5, 5.41) is 11.9. The second kappa shape index (κ2) is 10.8. The summed E-state index contributed by atoms with van der Waals surface area (Å²) in [6, 6.07) is 6.72. The van der Waals surface area contributed by atoms with Crippen molar-refractivity contribution in [3.8, 4) is 5.75 Å². The lowest BCUT2D eigenvalue weighted by Gasteiger charge is -2.37. The number of aryl methyl sites for hydroxylation is 1. The van der Waals surface area contributed by atoms with Crippen molar-refractivity contribution in [1.29, 1.82) is 0 Å². The maximum Gasteiger partial charge on any atom is 0.264 e. The van der Waals surface area contributed by atoms with E-state index in [0.717, 1.165) is 39.1 Å². The lowest BCUT2D eigenvalue weighted by molar-refractivity contribution is 0.0997. The zero-order chi connectivity index (χ0) is 28.0. The molecule has 1 aromatic heterocycles. The molecule has 4 heterocycles. The van der Waals surface area contributed by atoms with Gasteiger partial charge in [0, 0.05) is 63.4 Å². The van der Waals surface area contributed by atoms with Crippen LogP contribution in [-0.2, 0) is 17.7 Å². The van der Waals surface area contributed by atoms with Crippen molar-refractivity contribution in [2.24, 2.45) is 0 Å². The van der Waals surface area contributed by atoms with Crippen LogP contribution in [0.2, 0.25) is 0 Å². The first-order valence-electron chi connectivity index (χ1n) is 14.3. The maximum atomic E-state index is 14.9. The molecule has 3 aliphatic heterocycles. The first kappa shape index (κ1) is 26.7. The average molecular weight is 549 g/mol. The van der Waals surface area contributed by atoms with Gasteiger partial charge in [0.2, 0.25) is 5.95 Å². The van der Waals surface area contributed by atoms with Crippen LogP contribution in [0.1, 0.15) is 48.8 Å². The molecule has 0 atom stereocenters. The number of carbonyl (C=O) groups is 1. The summed E-state index contributed by atoms with van der Waals surface area (Å²) in [5.74, 6) is 0.747. The van der Waals surface area contributed by atoms with Crippen molar-refractivity contribution in [2.75, 3.05) is 67.2 Å². The van der Waals surface area contributed by atoms with Crippen LogP contribution >= 0.6 is 0 Å². The molecule has 0 aliphatic carbocycles. The summed E-state index contributed by atoms with van der Waals surface area (Å²) in [7, 11) is 0. The molecule has 2 aromatic carbocycles. The van der Waals surface area contributed by atoms with Gasteiger partial charge in [-0.1, -0.05) is 13.0 Å². The van der Waals surface area contributed by atoms with Crippen molar-refractivity contribution in [1.82, 2.24) is 14.9 Å². The number of ether oxygens (including phenoxy) is 1. The van der Waals surface area contributed by atoms with Gasteiger partial charge in [0.05, 0.1) is 24.5 Å². The van der Waals surface area contributed by atoms with Crippen LogP contribution in [0.15, 0.2) is 24.3 Å². The summed E-state index contributed by atoms with van der Waals surface area (Å²) >= 11 is 0. The zero-order valence-electron chi connectivity index (χ0n) is 23.5. The Morgan fingerprint density at radius 2 is 1.82 bits per heavy atom. The number of phenols is 1. The number of fused-ring (bicyclic) bond motifs is 2. The van der Waals surface area contributed by atoms with Gasteiger partial charge in [0.15, 0.2) is 0 Å². The third-order valence-electron chi connectivity index (χ3n) is 8.35. The maximum absolute atomic E-state index is 14.9. The molecule has 9 nitrogen and oxygen atoms in total. The number of phenolic OH excluding ortho intramolecular Hbond substituents is 1. The number of hydrogen-bond donors (Lipinski definition) is 1. The minimum Gasteiger partial charge on any atom is -0.508 e. The predicted octanol–water partition coefficient (Wildman–Crippen LogP) is 3.95. The van der Waals surface area contributed by atoms with Gasteiger partial charge in [-0.25, -0.2) is 9.37 Å². The summed E-state index contributed by atoms with van der Waals surface area (Å²) in [6.45, 7) is 12.6. The number of halogens is 1. The molecule has 2 saturated heterocycles. The molecule has 0 bridgehead atoms. The minimum atomic E-state index is -0.320. The SMILES string of the molecule is CCc1c(F)ccc2cc(O)cc(N3Cc4nc(N5CCN(C(C)C)CC5)nc(N5CCCOCC5)c4C3=O)c12. The number of rotatable bonds is 5. The van der Waals surface area contributed by atoms with Crippen molar-refractivity contribution in [3.05, 3.63) is 46.9 Å². The van der Waals surface area contributed by atoms with E-state index in [9.17, 15) is 14.3 Å². The predicted molar refractivity (Wildman–Crippen MR) is 154 cm³/mol. The normalized spacial score (nSPS) is 18.6. The van der Waals surface area contributed by atoms with E-state index in [4.69, 9.17) is 14.7 Å². The molecular weight excluding hydrogens is 511 g/mol. The number of nitrogens with zero attached hydrogens (tertiary/aromatic N) is 6. The van der Waals surface area contributed by atoms with Gasteiger partial charge in [-0.05, 0) is 49.8 Å². The molecule has 0 spiro atoms. The summed E-state index contributed by atoms with van der Waals surface area (Å²) in [6.07, 6.45) is 1.30. The van der Waals surface area contributed by atoms with E-state index in [0.29, 0.717) is 77.3 Å². The van der Waals surface area contributed by atoms with Crippen LogP contribution in [0.5, 0.6) is 5.75 Å². The van der Waals surface area contributed by atoms with Crippen molar-refractivity contribution < 1.29 is 19.0 Å². The molecule has 40 heavy (non-hydrogen) atoms. The number of benzene rings is 2. The van der Waals surface area contributed by atoms with Gasteiger partial charge in [0.25, 0.3) is 5.91 Å². The third kappa shape index (κ3) is 4.73. The van der Waals surface area contributed by atoms with Gasteiger partial charge in [0.1, 0.15) is 22.9 Å². The number of amides is 1. The monoisotopic (exact) mass is 548 g/mol. The van der Waals surface area contributed by atoms with Crippen molar-refractivity contribution >= 4 is 34.1 Å². The van der Waals surface area contributed by atoms with E-state index in [1.807, 2.05) is 6.92 Å². The molecule has 3 aromatic rings. The number of hydrogen-bond acceptors (Lipinski definition) is 8. The molecule has 3 aliphatic rings. The Kier molecular flexibility index (Phi) is 7.22. The number of aromatic nitrogens is 2. The fourth-order valence-corrected chi connectivity index (χ4v) is 6.17. The summed E-state index contributed by atoms with van der Waals surface area (Å²) < 4.78 is 20.6. The molecule has 1 N–H and O–H groups in total. The fraction of sp³-hybridized carbons (Fsp3) is 0.500.